The maximum Gasteiger partial charge on any atom is 0.317 e. The minimum absolute atomic E-state index is 0.0172. The number of carbonyl (C=O) groups is 1. The Hall–Kier alpha value is -1.78. The van der Waals surface area contributed by atoms with Gasteiger partial charge in [0.25, 0.3) is 5.56 Å². The largest absolute Gasteiger partial charge is 0.341 e. The number of pyridine rings is 1. The van der Waals surface area contributed by atoms with Gasteiger partial charge in [-0.2, -0.15) is 0 Å². The number of amides is 2. The van der Waals surface area contributed by atoms with E-state index in [2.05, 4.69) is 5.32 Å². The lowest BCUT2D eigenvalue weighted by atomic mass is 9.83. The van der Waals surface area contributed by atoms with Crippen LogP contribution < -0.4 is 10.9 Å². The molecule has 3 rings (SSSR count). The molecule has 2 aliphatic rings. The molecule has 2 bridgehead atoms. The van der Waals surface area contributed by atoms with Crippen LogP contribution in [-0.2, 0) is 6.54 Å². The fraction of sp³-hybridized carbons (Fsp3) is 0.538. The summed E-state index contributed by atoms with van der Waals surface area (Å²) in [7, 11) is 1.66. The van der Waals surface area contributed by atoms with Crippen LogP contribution in [0.25, 0.3) is 0 Å². The third kappa shape index (κ3) is 1.70. The number of carbonyl (C=O) groups excluding carboxylic acids is 1. The van der Waals surface area contributed by atoms with E-state index in [9.17, 15) is 9.59 Å². The van der Waals surface area contributed by atoms with Crippen molar-refractivity contribution < 1.29 is 4.79 Å². The molecule has 0 aliphatic carbocycles. The molecular formula is C13H17N3O2. The predicted molar refractivity (Wildman–Crippen MR) is 67.6 cm³/mol. The van der Waals surface area contributed by atoms with Crippen molar-refractivity contribution in [3.05, 3.63) is 34.2 Å². The van der Waals surface area contributed by atoms with Crippen LogP contribution in [-0.4, -0.2) is 35.6 Å². The number of rotatable bonds is 0. The number of hydrogen-bond acceptors (Lipinski definition) is 2. The van der Waals surface area contributed by atoms with Crippen molar-refractivity contribution in [3.63, 3.8) is 0 Å². The molecule has 2 aliphatic heterocycles. The molecular weight excluding hydrogens is 230 g/mol. The molecule has 1 N–H and O–H groups in total. The Morgan fingerprint density at radius 2 is 2.17 bits per heavy atom. The Labute approximate surface area is 105 Å². The van der Waals surface area contributed by atoms with E-state index >= 15 is 0 Å². The summed E-state index contributed by atoms with van der Waals surface area (Å²) in [5.74, 6) is 0.692. The number of piperidine rings is 1. The molecule has 0 radical (unpaired) electrons. The topological polar surface area (TPSA) is 54.3 Å². The molecule has 18 heavy (non-hydrogen) atoms. The number of urea groups is 1. The van der Waals surface area contributed by atoms with Crippen molar-refractivity contribution in [2.45, 2.75) is 18.9 Å². The molecule has 0 aromatic carbocycles. The molecule has 0 saturated carbocycles. The molecule has 96 valence electrons. The maximum absolute atomic E-state index is 11.8. The fourth-order valence-corrected chi connectivity index (χ4v) is 3.22. The van der Waals surface area contributed by atoms with E-state index in [1.165, 1.54) is 0 Å². The normalized spacial score (nSPS) is 25.5. The standard InChI is InChI=1S/C13H17N3O2/c1-14-13(18)15-6-9-5-10(8-15)11-3-2-4-12(17)16(11)7-9/h2-4,9-10H,5-8H2,1H3,(H,14,18)/t9-,10-/m0/s1. The molecule has 1 fully saturated rings. The third-order valence-corrected chi connectivity index (χ3v) is 3.98. The summed E-state index contributed by atoms with van der Waals surface area (Å²) in [6.45, 7) is 2.19. The first-order valence-electron chi connectivity index (χ1n) is 6.35. The van der Waals surface area contributed by atoms with Crippen LogP contribution in [0.15, 0.2) is 23.0 Å². The molecule has 5 heteroatoms. The summed E-state index contributed by atoms with van der Waals surface area (Å²) < 4.78 is 1.88. The van der Waals surface area contributed by atoms with Gasteiger partial charge in [0.15, 0.2) is 0 Å². The number of fused-ring (bicyclic) bond motifs is 4. The van der Waals surface area contributed by atoms with Gasteiger partial charge in [-0.05, 0) is 18.4 Å². The molecule has 1 aromatic heterocycles. The van der Waals surface area contributed by atoms with Crippen LogP contribution in [0.2, 0.25) is 0 Å². The van der Waals surface area contributed by atoms with Gasteiger partial charge in [0.05, 0.1) is 0 Å². The monoisotopic (exact) mass is 247 g/mol. The minimum atomic E-state index is -0.0172. The van der Waals surface area contributed by atoms with Crippen LogP contribution in [0.1, 0.15) is 18.0 Å². The van der Waals surface area contributed by atoms with Gasteiger partial charge in [0, 0.05) is 44.4 Å². The first kappa shape index (κ1) is 11.3. The second-order valence-electron chi connectivity index (χ2n) is 5.16. The molecule has 2 atom stereocenters. The predicted octanol–water partition coefficient (Wildman–Crippen LogP) is 0.607. The van der Waals surface area contributed by atoms with E-state index in [0.717, 1.165) is 25.2 Å². The Bertz CT molecular complexity index is 537. The molecule has 5 nitrogen and oxygen atoms in total. The fourth-order valence-electron chi connectivity index (χ4n) is 3.22. The maximum atomic E-state index is 11.8. The zero-order valence-corrected chi connectivity index (χ0v) is 10.4. The zero-order chi connectivity index (χ0) is 12.7. The van der Waals surface area contributed by atoms with Gasteiger partial charge in [-0.1, -0.05) is 6.07 Å². The van der Waals surface area contributed by atoms with Gasteiger partial charge in [-0.3, -0.25) is 4.79 Å². The Morgan fingerprint density at radius 3 is 2.94 bits per heavy atom. The Morgan fingerprint density at radius 1 is 1.33 bits per heavy atom. The Kier molecular flexibility index (Phi) is 2.61. The highest BCUT2D eigenvalue weighted by atomic mass is 16.2. The van der Waals surface area contributed by atoms with Crippen molar-refractivity contribution in [1.82, 2.24) is 14.8 Å². The summed E-state index contributed by atoms with van der Waals surface area (Å²) in [5.41, 5.74) is 1.16. The molecule has 1 saturated heterocycles. The van der Waals surface area contributed by atoms with Gasteiger partial charge >= 0.3 is 6.03 Å². The molecule has 0 spiro atoms. The van der Waals surface area contributed by atoms with Gasteiger partial charge in [0.1, 0.15) is 0 Å². The Balaban J connectivity index is 1.95. The zero-order valence-electron chi connectivity index (χ0n) is 10.4. The van der Waals surface area contributed by atoms with Gasteiger partial charge in [-0.15, -0.1) is 0 Å². The van der Waals surface area contributed by atoms with Gasteiger partial charge < -0.3 is 14.8 Å². The summed E-state index contributed by atoms with van der Waals surface area (Å²) in [4.78, 5) is 25.4. The summed E-state index contributed by atoms with van der Waals surface area (Å²) in [6, 6.07) is 5.42. The van der Waals surface area contributed by atoms with Gasteiger partial charge in [0.2, 0.25) is 0 Å². The van der Waals surface area contributed by atoms with E-state index in [0.29, 0.717) is 18.4 Å². The number of nitrogens with one attached hydrogen (secondary N) is 1. The van der Waals surface area contributed by atoms with E-state index < -0.39 is 0 Å². The van der Waals surface area contributed by atoms with E-state index in [1.807, 2.05) is 21.6 Å². The number of likely N-dealkylation sites (tertiary alicyclic amines) is 1. The van der Waals surface area contributed by atoms with Crippen molar-refractivity contribution >= 4 is 6.03 Å². The van der Waals surface area contributed by atoms with Crippen molar-refractivity contribution in [3.8, 4) is 0 Å². The van der Waals surface area contributed by atoms with E-state index in [-0.39, 0.29) is 11.6 Å². The highest BCUT2D eigenvalue weighted by Crippen LogP contribution is 2.34. The molecule has 3 heterocycles. The lowest BCUT2D eigenvalue weighted by molar-refractivity contribution is 0.132. The minimum Gasteiger partial charge on any atom is -0.341 e. The van der Waals surface area contributed by atoms with Crippen LogP contribution in [0.3, 0.4) is 0 Å². The molecule has 2 amide bonds. The lowest BCUT2D eigenvalue weighted by Gasteiger charge is -2.42. The van der Waals surface area contributed by atoms with Crippen LogP contribution in [0, 0.1) is 5.92 Å². The number of nitrogens with zero attached hydrogens (tertiary/aromatic N) is 2. The van der Waals surface area contributed by atoms with Crippen molar-refractivity contribution in [2.24, 2.45) is 5.92 Å². The van der Waals surface area contributed by atoms with Crippen LogP contribution in [0.4, 0.5) is 4.79 Å². The average molecular weight is 247 g/mol. The van der Waals surface area contributed by atoms with Crippen LogP contribution >= 0.6 is 0 Å². The van der Waals surface area contributed by atoms with E-state index in [1.54, 1.807) is 13.1 Å². The third-order valence-electron chi connectivity index (χ3n) is 3.98. The SMILES string of the molecule is CNC(=O)N1C[C@@H]2C[C@@H](C1)c1cccc(=O)n1C2. The van der Waals surface area contributed by atoms with E-state index in [4.69, 9.17) is 0 Å². The first-order valence-corrected chi connectivity index (χ1v) is 6.35. The second-order valence-corrected chi connectivity index (χ2v) is 5.16. The molecule has 1 aromatic rings. The summed E-state index contributed by atoms with van der Waals surface area (Å²) >= 11 is 0. The number of aromatic nitrogens is 1. The summed E-state index contributed by atoms with van der Waals surface area (Å²) in [5, 5.41) is 2.68. The quantitative estimate of drug-likeness (QED) is 0.730. The second kappa shape index (κ2) is 4.15. The van der Waals surface area contributed by atoms with Crippen LogP contribution in [0.5, 0.6) is 0 Å². The lowest BCUT2D eigenvalue weighted by Crippen LogP contribution is -2.51. The highest BCUT2D eigenvalue weighted by Gasteiger charge is 2.35. The van der Waals surface area contributed by atoms with Crippen molar-refractivity contribution in [1.29, 1.82) is 0 Å². The molecule has 0 unspecified atom stereocenters. The van der Waals surface area contributed by atoms with Crippen molar-refractivity contribution in [2.75, 3.05) is 20.1 Å². The van der Waals surface area contributed by atoms with Gasteiger partial charge in [-0.25, -0.2) is 4.79 Å². The first-order chi connectivity index (χ1) is 8.69. The number of hydrogen-bond donors (Lipinski definition) is 1. The summed E-state index contributed by atoms with van der Waals surface area (Å²) in [6.07, 6.45) is 1.08. The smallest absolute Gasteiger partial charge is 0.317 e. The highest BCUT2D eigenvalue weighted by molar-refractivity contribution is 5.74. The average Bonchev–Trinajstić information content (AvgIpc) is 2.39.